The third-order valence-electron chi connectivity index (χ3n) is 3.24. The van der Waals surface area contributed by atoms with E-state index in [1.54, 1.807) is 0 Å². The number of hydrogen-bond donors (Lipinski definition) is 2. The van der Waals surface area contributed by atoms with Gasteiger partial charge in [0.2, 0.25) is 0 Å². The Morgan fingerprint density at radius 3 is 2.50 bits per heavy atom. The van der Waals surface area contributed by atoms with Crippen molar-refractivity contribution in [2.75, 3.05) is 5.32 Å². The third-order valence-corrected chi connectivity index (χ3v) is 3.47. The van der Waals surface area contributed by atoms with E-state index in [4.69, 9.17) is 18.0 Å². The van der Waals surface area contributed by atoms with Crippen LogP contribution in [0.5, 0.6) is 0 Å². The molecule has 3 N–H and O–H groups in total. The number of nitrogens with two attached hydrogens (primary N) is 1. The van der Waals surface area contributed by atoms with Crippen LogP contribution < -0.4 is 11.1 Å². The second kappa shape index (κ2) is 4.83. The van der Waals surface area contributed by atoms with Crippen LogP contribution in [0.3, 0.4) is 0 Å². The molecule has 0 bridgehead atoms. The first-order valence-electron chi connectivity index (χ1n) is 5.81. The number of rotatable bonds is 3. The van der Waals surface area contributed by atoms with Gasteiger partial charge in [-0.3, -0.25) is 0 Å². The summed E-state index contributed by atoms with van der Waals surface area (Å²) in [4.78, 5) is 0.459. The Hall–Kier alpha value is -1.09. The van der Waals surface area contributed by atoms with Gasteiger partial charge < -0.3 is 11.1 Å². The number of anilines is 1. The molecule has 0 heterocycles. The topological polar surface area (TPSA) is 38.0 Å². The first kappa shape index (κ1) is 11.4. The van der Waals surface area contributed by atoms with Crippen molar-refractivity contribution >= 4 is 22.9 Å². The lowest BCUT2D eigenvalue weighted by Crippen LogP contribution is -2.15. The van der Waals surface area contributed by atoms with Crippen LogP contribution in [0.15, 0.2) is 24.3 Å². The molecule has 0 aromatic heterocycles. The molecule has 2 unspecified atom stereocenters. The van der Waals surface area contributed by atoms with Gasteiger partial charge >= 0.3 is 0 Å². The molecule has 0 spiro atoms. The van der Waals surface area contributed by atoms with Crippen LogP contribution in [-0.4, -0.2) is 11.0 Å². The lowest BCUT2D eigenvalue weighted by atomic mass is 10.1. The first-order chi connectivity index (χ1) is 7.65. The normalized spacial score (nSPS) is 24.3. The molecule has 1 aliphatic carbocycles. The number of hydrogen-bond acceptors (Lipinski definition) is 2. The Labute approximate surface area is 102 Å². The van der Waals surface area contributed by atoms with Gasteiger partial charge in [0.1, 0.15) is 4.99 Å². The molecule has 1 aromatic carbocycles. The Morgan fingerprint density at radius 1 is 1.31 bits per heavy atom. The van der Waals surface area contributed by atoms with Gasteiger partial charge in [-0.05, 0) is 49.4 Å². The Balaban J connectivity index is 1.97. The number of nitrogens with one attached hydrogen (secondary N) is 1. The van der Waals surface area contributed by atoms with Gasteiger partial charge in [-0.25, -0.2) is 0 Å². The maximum atomic E-state index is 5.56. The molecule has 1 aromatic rings. The van der Waals surface area contributed by atoms with E-state index in [2.05, 4.69) is 24.4 Å². The van der Waals surface area contributed by atoms with Crippen LogP contribution in [0.2, 0.25) is 0 Å². The van der Waals surface area contributed by atoms with Gasteiger partial charge in [-0.1, -0.05) is 19.1 Å². The lowest BCUT2D eigenvalue weighted by Gasteiger charge is -2.14. The van der Waals surface area contributed by atoms with E-state index in [0.29, 0.717) is 11.0 Å². The second-order valence-electron chi connectivity index (χ2n) is 4.70. The zero-order valence-electron chi connectivity index (χ0n) is 9.57. The van der Waals surface area contributed by atoms with Crippen LogP contribution in [0.25, 0.3) is 0 Å². The SMILES string of the molecule is CC1CCC(Nc2ccc(C(N)=S)cc2)C1. The highest BCUT2D eigenvalue weighted by Crippen LogP contribution is 2.27. The first-order valence-corrected chi connectivity index (χ1v) is 6.22. The van der Waals surface area contributed by atoms with Crippen molar-refractivity contribution in [2.24, 2.45) is 11.7 Å². The van der Waals surface area contributed by atoms with Crippen LogP contribution in [0, 0.1) is 5.92 Å². The zero-order valence-corrected chi connectivity index (χ0v) is 10.4. The van der Waals surface area contributed by atoms with E-state index in [1.807, 2.05) is 12.1 Å². The third kappa shape index (κ3) is 2.73. The standard InChI is InChI=1S/C13H18N2S/c1-9-2-5-12(8-9)15-11-6-3-10(4-7-11)13(14)16/h3-4,6-7,9,12,15H,2,5,8H2,1H3,(H2,14,16). The van der Waals surface area contributed by atoms with E-state index in [9.17, 15) is 0 Å². The molecule has 86 valence electrons. The minimum Gasteiger partial charge on any atom is -0.389 e. The smallest absolute Gasteiger partial charge is 0.103 e. The lowest BCUT2D eigenvalue weighted by molar-refractivity contribution is 0.602. The van der Waals surface area contributed by atoms with Crippen molar-refractivity contribution < 1.29 is 0 Å². The summed E-state index contributed by atoms with van der Waals surface area (Å²) in [5.41, 5.74) is 7.65. The van der Waals surface area contributed by atoms with Crippen LogP contribution in [-0.2, 0) is 0 Å². The van der Waals surface area contributed by atoms with Gasteiger partial charge in [0.15, 0.2) is 0 Å². The molecule has 0 saturated heterocycles. The minimum atomic E-state index is 0.459. The molecule has 16 heavy (non-hydrogen) atoms. The molecular weight excluding hydrogens is 216 g/mol. The molecule has 1 aliphatic rings. The van der Waals surface area contributed by atoms with Crippen LogP contribution in [0.1, 0.15) is 31.7 Å². The van der Waals surface area contributed by atoms with Crippen molar-refractivity contribution in [3.05, 3.63) is 29.8 Å². The van der Waals surface area contributed by atoms with Crippen molar-refractivity contribution in [1.29, 1.82) is 0 Å². The van der Waals surface area contributed by atoms with Gasteiger partial charge in [0.25, 0.3) is 0 Å². The number of thiocarbonyl (C=S) groups is 1. The summed E-state index contributed by atoms with van der Waals surface area (Å²) in [7, 11) is 0. The maximum absolute atomic E-state index is 5.56. The molecule has 0 amide bonds. The zero-order chi connectivity index (χ0) is 11.5. The van der Waals surface area contributed by atoms with Gasteiger partial charge in [0.05, 0.1) is 0 Å². The molecule has 2 nitrogen and oxygen atoms in total. The fourth-order valence-electron chi connectivity index (χ4n) is 2.30. The van der Waals surface area contributed by atoms with Gasteiger partial charge in [-0.15, -0.1) is 0 Å². The highest BCUT2D eigenvalue weighted by molar-refractivity contribution is 7.80. The average Bonchev–Trinajstić information content (AvgIpc) is 2.65. The highest BCUT2D eigenvalue weighted by Gasteiger charge is 2.20. The summed E-state index contributed by atoms with van der Waals surface area (Å²) < 4.78 is 0. The summed E-state index contributed by atoms with van der Waals surface area (Å²) in [6, 6.07) is 8.69. The maximum Gasteiger partial charge on any atom is 0.103 e. The molecule has 3 heteroatoms. The predicted octanol–water partition coefficient (Wildman–Crippen LogP) is 2.92. The van der Waals surface area contributed by atoms with Crippen molar-refractivity contribution in [1.82, 2.24) is 0 Å². The molecule has 0 aliphatic heterocycles. The summed E-state index contributed by atoms with van der Waals surface area (Å²) >= 11 is 4.92. The molecule has 1 saturated carbocycles. The van der Waals surface area contributed by atoms with Crippen molar-refractivity contribution in [3.8, 4) is 0 Å². The molecular formula is C13H18N2S. The molecule has 2 atom stereocenters. The summed E-state index contributed by atoms with van der Waals surface area (Å²) in [5, 5.41) is 3.55. The monoisotopic (exact) mass is 234 g/mol. The second-order valence-corrected chi connectivity index (χ2v) is 5.14. The fraction of sp³-hybridized carbons (Fsp3) is 0.462. The predicted molar refractivity (Wildman–Crippen MR) is 72.8 cm³/mol. The van der Waals surface area contributed by atoms with Crippen molar-refractivity contribution in [2.45, 2.75) is 32.2 Å². The van der Waals surface area contributed by atoms with E-state index >= 15 is 0 Å². The quantitative estimate of drug-likeness (QED) is 0.790. The van der Waals surface area contributed by atoms with E-state index in [-0.39, 0.29) is 0 Å². The van der Waals surface area contributed by atoms with Crippen molar-refractivity contribution in [3.63, 3.8) is 0 Å². The average molecular weight is 234 g/mol. The Bertz CT molecular complexity index is 372. The van der Waals surface area contributed by atoms with Gasteiger partial charge in [0, 0.05) is 17.3 Å². The molecule has 0 radical (unpaired) electrons. The molecule has 2 rings (SSSR count). The van der Waals surface area contributed by atoms with E-state index in [0.717, 1.165) is 11.5 Å². The Morgan fingerprint density at radius 2 is 2.00 bits per heavy atom. The highest BCUT2D eigenvalue weighted by atomic mass is 32.1. The largest absolute Gasteiger partial charge is 0.389 e. The van der Waals surface area contributed by atoms with E-state index < -0.39 is 0 Å². The van der Waals surface area contributed by atoms with Gasteiger partial charge in [-0.2, -0.15) is 0 Å². The number of benzene rings is 1. The fourth-order valence-corrected chi connectivity index (χ4v) is 2.44. The Kier molecular flexibility index (Phi) is 3.44. The minimum absolute atomic E-state index is 0.459. The van der Waals surface area contributed by atoms with Crippen LogP contribution >= 0.6 is 12.2 Å². The molecule has 1 fully saturated rings. The summed E-state index contributed by atoms with van der Waals surface area (Å²) in [5.74, 6) is 0.855. The van der Waals surface area contributed by atoms with E-state index in [1.165, 1.54) is 24.9 Å². The summed E-state index contributed by atoms with van der Waals surface area (Å²) in [6.07, 6.45) is 3.89. The summed E-state index contributed by atoms with van der Waals surface area (Å²) in [6.45, 7) is 2.32. The van der Waals surface area contributed by atoms with Crippen LogP contribution in [0.4, 0.5) is 5.69 Å².